The Kier molecular flexibility index (Phi) is 12.8. The van der Waals surface area contributed by atoms with Crippen LogP contribution in [0.15, 0.2) is 114 Å². The predicted octanol–water partition coefficient (Wildman–Crippen LogP) is 6.16. The molecule has 61 heavy (non-hydrogen) atoms. The van der Waals surface area contributed by atoms with Crippen molar-refractivity contribution < 1.29 is 29.1 Å². The number of carbonyl (C=O) groups excluding carboxylic acids is 2. The summed E-state index contributed by atoms with van der Waals surface area (Å²) in [6.45, 7) is 4.02. The van der Waals surface area contributed by atoms with E-state index in [1.807, 2.05) is 98.4 Å². The van der Waals surface area contributed by atoms with Crippen molar-refractivity contribution in [2.75, 3.05) is 5.73 Å². The van der Waals surface area contributed by atoms with Gasteiger partial charge in [-0.2, -0.15) is 4.98 Å². The Morgan fingerprint density at radius 1 is 0.852 bits per heavy atom. The lowest BCUT2D eigenvalue weighted by Gasteiger charge is -2.25. The number of nitrogen functional groups attached to an aromatic ring is 1. The summed E-state index contributed by atoms with van der Waals surface area (Å²) in [7, 11) is 1.95. The van der Waals surface area contributed by atoms with Crippen LogP contribution >= 0.6 is 0 Å². The fourth-order valence-corrected chi connectivity index (χ4v) is 7.78. The Labute approximate surface area is 352 Å². The molecule has 0 aliphatic rings. The lowest BCUT2D eigenvalue weighted by molar-refractivity contribution is -0.130. The molecular weight excluding hydrogens is 775 g/mol. The van der Waals surface area contributed by atoms with Gasteiger partial charge in [-0.15, -0.1) is 0 Å². The highest BCUT2D eigenvalue weighted by Gasteiger charge is 2.31. The molecule has 3 amide bonds. The SMILES string of the molecule is Cc1cc(O)cc(C)c1C[C@H](NC(=O)[C@@H](CCCn1ccnc1N)NC(=O)O)C(=O)N[C@@H](Cc1cn(C)c2ccccc12)c1nc(Cc2ccc(-c3ccccc3)cc2)no1. The van der Waals surface area contributed by atoms with Crippen LogP contribution in [-0.2, 0) is 42.4 Å². The van der Waals surface area contributed by atoms with E-state index in [4.69, 9.17) is 15.2 Å². The van der Waals surface area contributed by atoms with Crippen molar-refractivity contribution in [1.82, 2.24) is 40.2 Å². The smallest absolute Gasteiger partial charge is 0.405 e. The number of aromatic hydroxyl groups is 1. The molecule has 4 aromatic carbocycles. The Hall–Kier alpha value is -7.42. The lowest BCUT2D eigenvalue weighted by atomic mass is 9.95. The number of fused-ring (bicyclic) bond motifs is 1. The Morgan fingerprint density at radius 2 is 1.54 bits per heavy atom. The highest BCUT2D eigenvalue weighted by atomic mass is 16.5. The third-order valence-electron chi connectivity index (χ3n) is 10.9. The minimum Gasteiger partial charge on any atom is -0.508 e. The number of phenolic OH excluding ortho intramolecular Hbond substituents is 1. The molecule has 0 radical (unpaired) electrons. The first-order valence-electron chi connectivity index (χ1n) is 20.1. The monoisotopic (exact) mass is 823 g/mol. The molecule has 0 aliphatic carbocycles. The Morgan fingerprint density at radius 3 is 2.25 bits per heavy atom. The lowest BCUT2D eigenvalue weighted by Crippen LogP contribution is -2.55. The molecule has 0 bridgehead atoms. The number of nitrogens with two attached hydrogens (primary N) is 1. The van der Waals surface area contributed by atoms with Gasteiger partial charge in [0, 0.05) is 62.3 Å². The molecule has 3 heterocycles. The van der Waals surface area contributed by atoms with Crippen molar-refractivity contribution >= 4 is 34.8 Å². The number of hydrogen-bond acceptors (Lipinski definition) is 9. The van der Waals surface area contributed by atoms with Crippen molar-refractivity contribution in [3.05, 3.63) is 149 Å². The first-order valence-corrected chi connectivity index (χ1v) is 20.1. The molecule has 0 aliphatic heterocycles. The summed E-state index contributed by atoms with van der Waals surface area (Å²) < 4.78 is 9.60. The standard InChI is InChI=1S/C46H49N9O6/c1-28-22-34(56)23-29(2)36(28)26-38(49-42(57)37(51-46(59)60)13-9-20-55-21-19-48-45(55)47)43(58)50-39(25-33-27-54(3)40-14-8-7-12-35(33)40)44-52-41(53-61-44)24-30-15-17-32(18-16-30)31-10-5-4-6-11-31/h4-8,10-12,14-19,21-23,27,37-39,51,56H,9,13,20,24-26H2,1-3H3,(H2,47,48)(H,49,57)(H,50,58)(H,59,60)/t37-,38+,39+/m1/s1. The number of carbonyl (C=O) groups is 3. The maximum atomic E-state index is 14.7. The summed E-state index contributed by atoms with van der Waals surface area (Å²) in [5.41, 5.74) is 13.2. The largest absolute Gasteiger partial charge is 0.508 e. The average molecular weight is 824 g/mol. The zero-order valence-electron chi connectivity index (χ0n) is 34.2. The number of para-hydroxylation sites is 1. The number of imidazole rings is 1. The van der Waals surface area contributed by atoms with Crippen molar-refractivity contribution in [2.45, 2.75) is 70.6 Å². The predicted molar refractivity (Wildman–Crippen MR) is 231 cm³/mol. The summed E-state index contributed by atoms with van der Waals surface area (Å²) >= 11 is 0. The van der Waals surface area contributed by atoms with Gasteiger partial charge in [0.2, 0.25) is 17.7 Å². The van der Waals surface area contributed by atoms with Crippen molar-refractivity contribution in [2.24, 2.45) is 7.05 Å². The van der Waals surface area contributed by atoms with Crippen LogP contribution in [0.2, 0.25) is 0 Å². The molecule has 0 saturated carbocycles. The number of nitrogens with one attached hydrogen (secondary N) is 3. The van der Waals surface area contributed by atoms with Gasteiger partial charge in [0.15, 0.2) is 11.8 Å². The van der Waals surface area contributed by atoms with Gasteiger partial charge in [0.05, 0.1) is 0 Å². The quantitative estimate of drug-likeness (QED) is 0.0615. The van der Waals surface area contributed by atoms with E-state index in [0.29, 0.717) is 42.3 Å². The molecule has 3 aromatic heterocycles. The number of phenols is 1. The number of amides is 3. The second kappa shape index (κ2) is 18.7. The van der Waals surface area contributed by atoms with Gasteiger partial charge in [-0.05, 0) is 83.8 Å². The first-order chi connectivity index (χ1) is 29.4. The summed E-state index contributed by atoms with van der Waals surface area (Å²) in [6.07, 6.45) is 5.06. The van der Waals surface area contributed by atoms with Crippen LogP contribution in [0.5, 0.6) is 5.75 Å². The number of hydrogen-bond donors (Lipinski definition) is 6. The number of aryl methyl sites for hydroxylation is 4. The van der Waals surface area contributed by atoms with E-state index < -0.39 is 36.0 Å². The van der Waals surface area contributed by atoms with Crippen molar-refractivity contribution in [3.8, 4) is 16.9 Å². The van der Waals surface area contributed by atoms with E-state index in [2.05, 4.69) is 38.2 Å². The summed E-state index contributed by atoms with van der Waals surface area (Å²) in [6, 6.07) is 26.2. The van der Waals surface area contributed by atoms with E-state index in [1.165, 1.54) is 0 Å². The van der Waals surface area contributed by atoms with E-state index in [9.17, 15) is 24.6 Å². The molecule has 0 spiro atoms. The molecule has 15 nitrogen and oxygen atoms in total. The van der Waals surface area contributed by atoms with Crippen LogP contribution in [0.3, 0.4) is 0 Å². The average Bonchev–Trinajstić information content (AvgIpc) is 3.97. The van der Waals surface area contributed by atoms with Gasteiger partial charge < -0.3 is 45.6 Å². The van der Waals surface area contributed by atoms with E-state index in [0.717, 1.165) is 38.7 Å². The molecule has 3 atom stereocenters. The molecule has 0 saturated heterocycles. The number of aromatic nitrogens is 5. The molecule has 314 valence electrons. The minimum atomic E-state index is -1.39. The van der Waals surface area contributed by atoms with Crippen LogP contribution < -0.4 is 21.7 Å². The van der Waals surface area contributed by atoms with Crippen LogP contribution in [0, 0.1) is 13.8 Å². The zero-order chi connectivity index (χ0) is 43.0. The van der Waals surface area contributed by atoms with Gasteiger partial charge in [-0.1, -0.05) is 78.0 Å². The number of rotatable bonds is 17. The molecular formula is C46H49N9O6. The Bertz CT molecular complexity index is 2610. The van der Waals surface area contributed by atoms with Crippen molar-refractivity contribution in [1.29, 1.82) is 0 Å². The van der Waals surface area contributed by atoms with Crippen molar-refractivity contribution in [3.63, 3.8) is 0 Å². The van der Waals surface area contributed by atoms with Gasteiger partial charge in [-0.3, -0.25) is 9.59 Å². The second-order valence-corrected chi connectivity index (χ2v) is 15.3. The van der Waals surface area contributed by atoms with Gasteiger partial charge in [0.25, 0.3) is 0 Å². The third-order valence-corrected chi connectivity index (χ3v) is 10.9. The zero-order valence-corrected chi connectivity index (χ0v) is 34.2. The van der Waals surface area contributed by atoms with E-state index >= 15 is 0 Å². The highest BCUT2D eigenvalue weighted by molar-refractivity contribution is 5.91. The molecule has 0 fully saturated rings. The summed E-state index contributed by atoms with van der Waals surface area (Å²) in [4.78, 5) is 49.4. The van der Waals surface area contributed by atoms with Crippen LogP contribution in [0.25, 0.3) is 22.0 Å². The molecule has 7 N–H and O–H groups in total. The minimum absolute atomic E-state index is 0.0376. The second-order valence-electron chi connectivity index (χ2n) is 15.3. The normalized spacial score (nSPS) is 12.8. The summed E-state index contributed by atoms with van der Waals surface area (Å²) in [5.74, 6) is -0.250. The van der Waals surface area contributed by atoms with E-state index in [1.54, 1.807) is 29.1 Å². The fraction of sp³-hybridized carbons (Fsp3) is 0.261. The first kappa shape index (κ1) is 41.7. The highest BCUT2D eigenvalue weighted by Crippen LogP contribution is 2.28. The Balaban J connectivity index is 1.17. The number of carboxylic acid groups (broad SMARTS) is 1. The molecule has 15 heteroatoms. The maximum absolute atomic E-state index is 14.7. The number of nitrogens with zero attached hydrogens (tertiary/aromatic N) is 5. The van der Waals surface area contributed by atoms with Crippen LogP contribution in [0.1, 0.15) is 58.4 Å². The molecule has 7 rings (SSSR count). The van der Waals surface area contributed by atoms with Gasteiger partial charge in [0.1, 0.15) is 23.9 Å². The number of benzene rings is 4. The van der Waals surface area contributed by atoms with E-state index in [-0.39, 0.29) is 30.9 Å². The maximum Gasteiger partial charge on any atom is 0.405 e. The number of anilines is 1. The summed E-state index contributed by atoms with van der Waals surface area (Å²) in [5, 5.41) is 33.6. The van der Waals surface area contributed by atoms with Gasteiger partial charge >= 0.3 is 6.09 Å². The fourth-order valence-electron chi connectivity index (χ4n) is 7.78. The molecule has 0 unspecified atom stereocenters. The van der Waals surface area contributed by atoms with Gasteiger partial charge in [-0.25, -0.2) is 9.78 Å². The third kappa shape index (κ3) is 10.2. The topological polar surface area (TPSA) is 215 Å². The van der Waals surface area contributed by atoms with Crippen LogP contribution in [-0.4, -0.2) is 64.5 Å². The molecule has 7 aromatic rings. The van der Waals surface area contributed by atoms with Crippen LogP contribution in [0.4, 0.5) is 10.7 Å².